The lowest BCUT2D eigenvalue weighted by Gasteiger charge is -2.11. The van der Waals surface area contributed by atoms with Crippen LogP contribution in [-0.4, -0.2) is 11.9 Å². The zero-order valence-corrected chi connectivity index (χ0v) is 15.5. The van der Waals surface area contributed by atoms with Gasteiger partial charge in [-0.2, -0.15) is 0 Å². The third-order valence-corrected chi connectivity index (χ3v) is 4.27. The van der Waals surface area contributed by atoms with Gasteiger partial charge in [0, 0.05) is 0 Å². The molecular weight excluding hydrogens is 340 g/mol. The van der Waals surface area contributed by atoms with Crippen molar-refractivity contribution in [1.29, 1.82) is 0 Å². The molecule has 0 atom stereocenters. The molecule has 27 heavy (non-hydrogen) atoms. The Morgan fingerprint density at radius 2 is 1.15 bits per heavy atom. The number of carbonyl (C=O) groups excluding carboxylic acids is 2. The topological polar surface area (TPSA) is 52.6 Å². The Balaban J connectivity index is 1.77. The van der Waals surface area contributed by atoms with Gasteiger partial charge in [-0.1, -0.05) is 36.4 Å². The fraction of sp³-hybridized carbons (Fsp3) is 0.130. The highest BCUT2D eigenvalue weighted by atomic mass is 16.5. The van der Waals surface area contributed by atoms with Gasteiger partial charge in [0.15, 0.2) is 0 Å². The normalized spacial score (nSPS) is 10.3. The van der Waals surface area contributed by atoms with Gasteiger partial charge in [-0.15, -0.1) is 0 Å². The Kier molecular flexibility index (Phi) is 5.36. The molecule has 0 aromatic heterocycles. The number of benzene rings is 3. The van der Waals surface area contributed by atoms with Crippen molar-refractivity contribution in [3.8, 4) is 11.5 Å². The molecule has 0 N–H and O–H groups in total. The van der Waals surface area contributed by atoms with Crippen molar-refractivity contribution in [3.05, 3.63) is 94.5 Å². The van der Waals surface area contributed by atoms with Crippen LogP contribution in [0.5, 0.6) is 11.5 Å². The summed E-state index contributed by atoms with van der Waals surface area (Å²) in [6.07, 6.45) is 0. The van der Waals surface area contributed by atoms with Gasteiger partial charge in [-0.3, -0.25) is 0 Å². The minimum Gasteiger partial charge on any atom is -0.423 e. The van der Waals surface area contributed by atoms with E-state index in [2.05, 4.69) is 0 Å². The van der Waals surface area contributed by atoms with Gasteiger partial charge in [0.1, 0.15) is 11.5 Å². The fourth-order valence-corrected chi connectivity index (χ4v) is 2.68. The lowest BCUT2D eigenvalue weighted by atomic mass is 10.1. The minimum absolute atomic E-state index is 0.378. The first-order valence-corrected chi connectivity index (χ1v) is 8.62. The molecule has 0 fully saturated rings. The first-order valence-electron chi connectivity index (χ1n) is 8.62. The van der Waals surface area contributed by atoms with Crippen LogP contribution >= 0.6 is 0 Å². The van der Waals surface area contributed by atoms with Crippen LogP contribution in [0.3, 0.4) is 0 Å². The van der Waals surface area contributed by atoms with Crippen molar-refractivity contribution in [2.45, 2.75) is 20.8 Å². The van der Waals surface area contributed by atoms with E-state index in [-0.39, 0.29) is 0 Å². The highest BCUT2D eigenvalue weighted by molar-refractivity contribution is 5.96. The quantitative estimate of drug-likeness (QED) is 0.482. The summed E-state index contributed by atoms with van der Waals surface area (Å²) in [5.74, 6) is 0.111. The van der Waals surface area contributed by atoms with E-state index < -0.39 is 11.9 Å². The van der Waals surface area contributed by atoms with Crippen molar-refractivity contribution in [2.24, 2.45) is 0 Å². The van der Waals surface area contributed by atoms with Gasteiger partial charge in [-0.05, 0) is 67.8 Å². The van der Waals surface area contributed by atoms with Gasteiger partial charge < -0.3 is 9.47 Å². The number of ether oxygens (including phenoxy) is 2. The highest BCUT2D eigenvalue weighted by Crippen LogP contribution is 2.21. The summed E-state index contributed by atoms with van der Waals surface area (Å²) in [7, 11) is 0. The second-order valence-corrected chi connectivity index (χ2v) is 6.34. The molecular formula is C23H20O4. The van der Waals surface area contributed by atoms with Crippen molar-refractivity contribution >= 4 is 11.9 Å². The van der Waals surface area contributed by atoms with E-state index in [0.29, 0.717) is 28.2 Å². The number of hydrogen-bond acceptors (Lipinski definition) is 4. The number of aryl methyl sites for hydroxylation is 3. The molecule has 0 radical (unpaired) electrons. The molecule has 0 saturated heterocycles. The molecule has 0 heterocycles. The van der Waals surface area contributed by atoms with Crippen LogP contribution < -0.4 is 9.47 Å². The van der Waals surface area contributed by atoms with Crippen LogP contribution in [0.15, 0.2) is 66.7 Å². The summed E-state index contributed by atoms with van der Waals surface area (Å²) < 4.78 is 10.9. The van der Waals surface area contributed by atoms with Crippen LogP contribution in [-0.2, 0) is 0 Å². The van der Waals surface area contributed by atoms with Crippen molar-refractivity contribution in [3.63, 3.8) is 0 Å². The summed E-state index contributed by atoms with van der Waals surface area (Å²) in [4.78, 5) is 24.9. The van der Waals surface area contributed by atoms with Gasteiger partial charge >= 0.3 is 11.9 Å². The van der Waals surface area contributed by atoms with Gasteiger partial charge in [0.05, 0.1) is 11.1 Å². The molecule has 3 rings (SSSR count). The molecule has 3 aromatic carbocycles. The summed E-state index contributed by atoms with van der Waals surface area (Å²) in [6, 6.07) is 19.4. The third kappa shape index (κ3) is 4.23. The molecule has 4 nitrogen and oxygen atoms in total. The first-order chi connectivity index (χ1) is 13.0. The van der Waals surface area contributed by atoms with E-state index in [0.717, 1.165) is 11.1 Å². The van der Waals surface area contributed by atoms with Crippen LogP contribution in [0.4, 0.5) is 0 Å². The second-order valence-electron chi connectivity index (χ2n) is 6.34. The third-order valence-electron chi connectivity index (χ3n) is 4.27. The fourth-order valence-electron chi connectivity index (χ4n) is 2.68. The molecule has 0 amide bonds. The summed E-state index contributed by atoms with van der Waals surface area (Å²) >= 11 is 0. The van der Waals surface area contributed by atoms with Crippen LogP contribution in [0.25, 0.3) is 0 Å². The van der Waals surface area contributed by atoms with Gasteiger partial charge in [0.25, 0.3) is 0 Å². The van der Waals surface area contributed by atoms with Crippen molar-refractivity contribution in [2.75, 3.05) is 0 Å². The Hall–Kier alpha value is -3.40. The predicted molar refractivity (Wildman–Crippen MR) is 103 cm³/mol. The number of rotatable bonds is 4. The van der Waals surface area contributed by atoms with E-state index in [4.69, 9.17) is 9.47 Å². The molecule has 0 aliphatic heterocycles. The van der Waals surface area contributed by atoms with Crippen LogP contribution in [0.2, 0.25) is 0 Å². The number of esters is 2. The SMILES string of the molecule is Cc1ccccc1OC(=O)c1ccc(C(=O)Oc2ccccc2C)c(C)c1. The second kappa shape index (κ2) is 7.87. The molecule has 0 unspecified atom stereocenters. The average Bonchev–Trinajstić information content (AvgIpc) is 2.65. The molecule has 0 spiro atoms. The van der Waals surface area contributed by atoms with Crippen LogP contribution in [0, 0.1) is 20.8 Å². The summed E-state index contributed by atoms with van der Waals surface area (Å²) in [5.41, 5.74) is 3.18. The van der Waals surface area contributed by atoms with E-state index in [1.807, 2.05) is 50.2 Å². The maximum absolute atomic E-state index is 12.5. The largest absolute Gasteiger partial charge is 0.423 e. The van der Waals surface area contributed by atoms with E-state index in [1.165, 1.54) is 0 Å². The molecule has 136 valence electrons. The Bertz CT molecular complexity index is 1000. The number of para-hydroxylation sites is 2. The number of carbonyl (C=O) groups is 2. The minimum atomic E-state index is -0.466. The van der Waals surface area contributed by atoms with E-state index in [9.17, 15) is 9.59 Å². The standard InChI is InChI=1S/C23H20O4/c1-15-8-4-6-10-20(15)26-22(24)18-12-13-19(17(3)14-18)23(25)27-21-11-7-5-9-16(21)2/h4-14H,1-3H3. The zero-order chi connectivity index (χ0) is 19.4. The summed E-state index contributed by atoms with van der Waals surface area (Å²) in [5, 5.41) is 0. The highest BCUT2D eigenvalue weighted by Gasteiger charge is 2.16. The van der Waals surface area contributed by atoms with Gasteiger partial charge in [-0.25, -0.2) is 9.59 Å². The lowest BCUT2D eigenvalue weighted by Crippen LogP contribution is -2.13. The van der Waals surface area contributed by atoms with E-state index in [1.54, 1.807) is 37.3 Å². The van der Waals surface area contributed by atoms with E-state index >= 15 is 0 Å². The Morgan fingerprint density at radius 3 is 1.67 bits per heavy atom. The first kappa shape index (κ1) is 18.4. The van der Waals surface area contributed by atoms with Crippen molar-refractivity contribution < 1.29 is 19.1 Å². The van der Waals surface area contributed by atoms with Crippen LogP contribution in [0.1, 0.15) is 37.4 Å². The monoisotopic (exact) mass is 360 g/mol. The zero-order valence-electron chi connectivity index (χ0n) is 15.5. The summed E-state index contributed by atoms with van der Waals surface area (Å²) in [6.45, 7) is 5.51. The predicted octanol–water partition coefficient (Wildman–Crippen LogP) is 5.05. The average molecular weight is 360 g/mol. The smallest absolute Gasteiger partial charge is 0.343 e. The molecule has 3 aromatic rings. The maximum Gasteiger partial charge on any atom is 0.343 e. The van der Waals surface area contributed by atoms with Gasteiger partial charge in [0.2, 0.25) is 0 Å². The lowest BCUT2D eigenvalue weighted by molar-refractivity contribution is 0.0718. The molecule has 0 aliphatic carbocycles. The Labute approximate surface area is 158 Å². The Morgan fingerprint density at radius 1 is 0.630 bits per heavy atom. The molecule has 0 saturated carbocycles. The molecule has 0 aliphatic rings. The molecule has 4 heteroatoms. The molecule has 0 bridgehead atoms. The maximum atomic E-state index is 12.5. The number of hydrogen-bond donors (Lipinski definition) is 0. The van der Waals surface area contributed by atoms with Crippen molar-refractivity contribution in [1.82, 2.24) is 0 Å².